The molecule has 0 spiro atoms. The molecule has 0 bridgehead atoms. The predicted octanol–water partition coefficient (Wildman–Crippen LogP) is 3.54. The van der Waals surface area contributed by atoms with E-state index in [1.807, 2.05) is 16.3 Å². The molecule has 1 aliphatic heterocycles. The quantitative estimate of drug-likeness (QED) is 0.787. The number of hydrogen-bond donors (Lipinski definition) is 0. The smallest absolute Gasteiger partial charge is 0.227 e. The van der Waals surface area contributed by atoms with Crippen LogP contribution in [0.5, 0.6) is 0 Å². The maximum Gasteiger partial charge on any atom is 0.227 e. The first-order valence-corrected chi connectivity index (χ1v) is 9.52. The Morgan fingerprint density at radius 1 is 1.24 bits per heavy atom. The van der Waals surface area contributed by atoms with Gasteiger partial charge < -0.3 is 9.80 Å². The Balaban J connectivity index is 1.63. The fourth-order valence-corrected chi connectivity index (χ4v) is 4.21. The lowest BCUT2D eigenvalue weighted by Gasteiger charge is -2.41. The number of thiophene rings is 1. The van der Waals surface area contributed by atoms with E-state index in [1.165, 1.54) is 22.6 Å². The number of anilines is 1. The summed E-state index contributed by atoms with van der Waals surface area (Å²) in [6.07, 6.45) is 0.373. The van der Waals surface area contributed by atoms with Crippen LogP contribution < -0.4 is 4.90 Å². The average molecular weight is 356 g/mol. The Hall–Kier alpha value is -2.14. The number of benzene rings is 1. The fourth-order valence-electron chi connectivity index (χ4n) is 3.39. The van der Waals surface area contributed by atoms with Crippen LogP contribution in [-0.2, 0) is 11.2 Å². The summed E-state index contributed by atoms with van der Waals surface area (Å²) in [4.78, 5) is 29.2. The van der Waals surface area contributed by atoms with Gasteiger partial charge in [0, 0.05) is 31.4 Å². The van der Waals surface area contributed by atoms with Crippen LogP contribution >= 0.6 is 11.3 Å². The number of ketones is 1. The molecule has 0 radical (unpaired) electrons. The number of carbonyl (C=O) groups excluding carboxylic acids is 2. The van der Waals surface area contributed by atoms with E-state index in [2.05, 4.69) is 43.0 Å². The van der Waals surface area contributed by atoms with Gasteiger partial charge in [-0.3, -0.25) is 9.59 Å². The molecule has 25 heavy (non-hydrogen) atoms. The third-order valence-electron chi connectivity index (χ3n) is 4.76. The van der Waals surface area contributed by atoms with Gasteiger partial charge in [0.1, 0.15) is 0 Å². The van der Waals surface area contributed by atoms with Crippen molar-refractivity contribution in [2.24, 2.45) is 0 Å². The van der Waals surface area contributed by atoms with Crippen LogP contribution in [0.1, 0.15) is 34.6 Å². The number of para-hydroxylation sites is 1. The van der Waals surface area contributed by atoms with Crippen molar-refractivity contribution in [3.63, 3.8) is 0 Å². The third-order valence-corrected chi connectivity index (χ3v) is 5.84. The second-order valence-electron chi connectivity index (χ2n) is 6.72. The molecule has 5 heteroatoms. The lowest BCUT2D eigenvalue weighted by atomic mass is 10.1. The Labute approximate surface area is 153 Å². The first kappa shape index (κ1) is 17.7. The molecular weight excluding hydrogens is 332 g/mol. The van der Waals surface area contributed by atoms with Crippen molar-refractivity contribution in [2.75, 3.05) is 24.5 Å². The molecule has 0 saturated carbocycles. The highest BCUT2D eigenvalue weighted by molar-refractivity contribution is 7.12. The van der Waals surface area contributed by atoms with Gasteiger partial charge in [0.05, 0.1) is 11.3 Å². The number of rotatable bonds is 4. The molecule has 4 nitrogen and oxygen atoms in total. The van der Waals surface area contributed by atoms with Crippen molar-refractivity contribution in [1.29, 1.82) is 0 Å². The van der Waals surface area contributed by atoms with Crippen LogP contribution in [0.4, 0.5) is 5.69 Å². The molecule has 1 aliphatic rings. The SMILES string of the molecule is CC(=O)c1cc(CC(=O)N2CCN(c3ccccc3C)C[C@H]2C)cs1. The number of hydrogen-bond acceptors (Lipinski definition) is 4. The van der Waals surface area contributed by atoms with Gasteiger partial charge in [-0.05, 0) is 49.4 Å². The van der Waals surface area contributed by atoms with E-state index in [0.717, 1.165) is 30.1 Å². The highest BCUT2D eigenvalue weighted by Gasteiger charge is 2.28. The minimum Gasteiger partial charge on any atom is -0.367 e. The zero-order valence-corrected chi connectivity index (χ0v) is 15.8. The van der Waals surface area contributed by atoms with E-state index in [0.29, 0.717) is 6.42 Å². The minimum atomic E-state index is 0.0592. The van der Waals surface area contributed by atoms with E-state index in [1.54, 1.807) is 6.92 Å². The van der Waals surface area contributed by atoms with Crippen molar-refractivity contribution in [3.05, 3.63) is 51.7 Å². The van der Waals surface area contributed by atoms with Crippen LogP contribution in [0.3, 0.4) is 0 Å². The summed E-state index contributed by atoms with van der Waals surface area (Å²) in [5, 5.41) is 1.92. The summed E-state index contributed by atoms with van der Waals surface area (Å²) in [6, 6.07) is 10.4. The first-order chi connectivity index (χ1) is 12.0. The number of carbonyl (C=O) groups is 2. The van der Waals surface area contributed by atoms with Gasteiger partial charge in [0.15, 0.2) is 5.78 Å². The molecule has 2 aromatic rings. The molecule has 1 atom stereocenters. The fraction of sp³-hybridized carbons (Fsp3) is 0.400. The molecular formula is C20H24N2O2S. The van der Waals surface area contributed by atoms with E-state index < -0.39 is 0 Å². The van der Waals surface area contributed by atoms with Crippen molar-refractivity contribution in [3.8, 4) is 0 Å². The highest BCUT2D eigenvalue weighted by Crippen LogP contribution is 2.24. The maximum absolute atomic E-state index is 12.7. The molecule has 3 rings (SSSR count). The summed E-state index contributed by atoms with van der Waals surface area (Å²) in [7, 11) is 0. The van der Waals surface area contributed by atoms with Crippen molar-refractivity contribution in [2.45, 2.75) is 33.2 Å². The standard InChI is InChI=1S/C20H24N2O2S/c1-14-6-4-5-7-18(14)21-8-9-22(15(2)12-21)20(24)11-17-10-19(16(3)23)25-13-17/h4-7,10,13,15H,8-9,11-12H2,1-3H3/t15-/m1/s1. The van der Waals surface area contributed by atoms with Crippen LogP contribution in [0.25, 0.3) is 0 Å². The zero-order valence-electron chi connectivity index (χ0n) is 15.0. The summed E-state index contributed by atoms with van der Waals surface area (Å²) in [6.45, 7) is 8.22. The molecule has 0 N–H and O–H groups in total. The Morgan fingerprint density at radius 3 is 2.64 bits per heavy atom. The van der Waals surface area contributed by atoms with Gasteiger partial charge in [0.25, 0.3) is 0 Å². The maximum atomic E-state index is 12.7. The summed E-state index contributed by atoms with van der Waals surface area (Å²) in [5.41, 5.74) is 3.46. The molecule has 1 saturated heterocycles. The lowest BCUT2D eigenvalue weighted by molar-refractivity contribution is -0.132. The largest absolute Gasteiger partial charge is 0.367 e. The number of amides is 1. The molecule has 1 fully saturated rings. The van der Waals surface area contributed by atoms with Crippen LogP contribution in [0.15, 0.2) is 35.7 Å². The number of piperazine rings is 1. The van der Waals surface area contributed by atoms with Crippen molar-refractivity contribution in [1.82, 2.24) is 4.90 Å². The third kappa shape index (κ3) is 3.93. The topological polar surface area (TPSA) is 40.6 Å². The lowest BCUT2D eigenvalue weighted by Crippen LogP contribution is -2.54. The second-order valence-corrected chi connectivity index (χ2v) is 7.63. The molecule has 0 unspecified atom stereocenters. The number of aryl methyl sites for hydroxylation is 1. The van der Waals surface area contributed by atoms with E-state index >= 15 is 0 Å². The first-order valence-electron chi connectivity index (χ1n) is 8.64. The van der Waals surface area contributed by atoms with E-state index in [4.69, 9.17) is 0 Å². The Morgan fingerprint density at radius 2 is 2.00 bits per heavy atom. The monoisotopic (exact) mass is 356 g/mol. The molecule has 1 aromatic carbocycles. The number of Topliss-reactive ketones (excluding diaryl/α,β-unsaturated/α-hetero) is 1. The van der Waals surface area contributed by atoms with Gasteiger partial charge in [-0.15, -0.1) is 11.3 Å². The Bertz CT molecular complexity index is 784. The van der Waals surface area contributed by atoms with Gasteiger partial charge in [-0.25, -0.2) is 0 Å². The van der Waals surface area contributed by atoms with Gasteiger partial charge in [0.2, 0.25) is 5.91 Å². The molecule has 132 valence electrons. The summed E-state index contributed by atoms with van der Waals surface area (Å²) in [5.74, 6) is 0.203. The van der Waals surface area contributed by atoms with Crippen LogP contribution in [0, 0.1) is 6.92 Å². The van der Waals surface area contributed by atoms with Gasteiger partial charge in [-0.2, -0.15) is 0 Å². The molecule has 0 aliphatic carbocycles. The van der Waals surface area contributed by atoms with Gasteiger partial charge in [-0.1, -0.05) is 18.2 Å². The molecule has 1 aromatic heterocycles. The van der Waals surface area contributed by atoms with Crippen molar-refractivity contribution >= 4 is 28.7 Å². The molecule has 2 heterocycles. The summed E-state index contributed by atoms with van der Waals surface area (Å²) >= 11 is 1.42. The van der Waals surface area contributed by atoms with Crippen molar-refractivity contribution < 1.29 is 9.59 Å². The van der Waals surface area contributed by atoms with E-state index in [9.17, 15) is 9.59 Å². The zero-order chi connectivity index (χ0) is 18.0. The highest BCUT2D eigenvalue weighted by atomic mass is 32.1. The van der Waals surface area contributed by atoms with Crippen LogP contribution in [0.2, 0.25) is 0 Å². The molecule has 1 amide bonds. The Kier molecular flexibility index (Phi) is 5.23. The van der Waals surface area contributed by atoms with E-state index in [-0.39, 0.29) is 17.7 Å². The average Bonchev–Trinajstić information content (AvgIpc) is 3.04. The predicted molar refractivity (Wildman–Crippen MR) is 103 cm³/mol. The normalized spacial score (nSPS) is 17.6. The second kappa shape index (κ2) is 7.40. The van der Waals surface area contributed by atoms with Crippen LogP contribution in [-0.4, -0.2) is 42.3 Å². The number of nitrogens with zero attached hydrogens (tertiary/aromatic N) is 2. The minimum absolute atomic E-state index is 0.0592. The summed E-state index contributed by atoms with van der Waals surface area (Å²) < 4.78 is 0. The van der Waals surface area contributed by atoms with Gasteiger partial charge >= 0.3 is 0 Å².